The fourth-order valence-electron chi connectivity index (χ4n) is 1.95. The molecule has 0 bridgehead atoms. The van der Waals surface area contributed by atoms with Gasteiger partial charge in [0.05, 0.1) is 12.5 Å². The Bertz CT molecular complexity index is 208. The Labute approximate surface area is 84.5 Å². The van der Waals surface area contributed by atoms with E-state index in [2.05, 4.69) is 4.90 Å². The van der Waals surface area contributed by atoms with Crippen LogP contribution in [0.2, 0.25) is 0 Å². The monoisotopic (exact) mass is 201 g/mol. The summed E-state index contributed by atoms with van der Waals surface area (Å²) in [5.41, 5.74) is 0. The molecule has 0 aromatic rings. The van der Waals surface area contributed by atoms with E-state index in [-0.39, 0.29) is 24.5 Å². The summed E-state index contributed by atoms with van der Waals surface area (Å²) in [5.74, 6) is -0.503. The smallest absolute Gasteiger partial charge is 0.304 e. The van der Waals surface area contributed by atoms with Crippen LogP contribution in [0.25, 0.3) is 0 Å². The van der Waals surface area contributed by atoms with Crippen LogP contribution < -0.4 is 0 Å². The Morgan fingerprint density at radius 2 is 2.29 bits per heavy atom. The number of nitrogens with zero attached hydrogens (tertiary/aromatic N) is 1. The van der Waals surface area contributed by atoms with E-state index in [1.807, 2.05) is 13.8 Å². The van der Waals surface area contributed by atoms with Gasteiger partial charge in [-0.3, -0.25) is 9.69 Å². The summed E-state index contributed by atoms with van der Waals surface area (Å²) in [6.07, 6.45) is 0.719. The van der Waals surface area contributed by atoms with Gasteiger partial charge in [0.25, 0.3) is 0 Å². The summed E-state index contributed by atoms with van der Waals surface area (Å²) in [6, 6.07) is 0.0717. The van der Waals surface area contributed by atoms with Gasteiger partial charge in [-0.2, -0.15) is 0 Å². The molecule has 1 rings (SSSR count). The topological polar surface area (TPSA) is 60.8 Å². The van der Waals surface area contributed by atoms with Crippen molar-refractivity contribution in [2.45, 2.75) is 38.8 Å². The first-order valence-corrected chi connectivity index (χ1v) is 5.14. The van der Waals surface area contributed by atoms with Crippen molar-refractivity contribution < 1.29 is 15.0 Å². The predicted octanol–water partition coefficient (Wildman–Crippen LogP) is 0.552. The largest absolute Gasteiger partial charge is 0.481 e. The van der Waals surface area contributed by atoms with Gasteiger partial charge < -0.3 is 10.2 Å². The highest BCUT2D eigenvalue weighted by Gasteiger charge is 2.27. The molecule has 4 heteroatoms. The van der Waals surface area contributed by atoms with E-state index in [0.29, 0.717) is 0 Å². The molecule has 4 nitrogen and oxygen atoms in total. The number of aliphatic carboxylic acids is 1. The predicted molar refractivity (Wildman–Crippen MR) is 53.1 cm³/mol. The minimum Gasteiger partial charge on any atom is -0.481 e. The van der Waals surface area contributed by atoms with Crippen molar-refractivity contribution in [1.29, 1.82) is 0 Å². The van der Waals surface area contributed by atoms with E-state index in [1.165, 1.54) is 0 Å². The summed E-state index contributed by atoms with van der Waals surface area (Å²) < 4.78 is 0. The van der Waals surface area contributed by atoms with Gasteiger partial charge in [0.1, 0.15) is 0 Å². The second kappa shape index (κ2) is 4.75. The quantitative estimate of drug-likeness (QED) is 0.700. The van der Waals surface area contributed by atoms with Gasteiger partial charge in [0, 0.05) is 19.1 Å². The summed E-state index contributed by atoms with van der Waals surface area (Å²) in [7, 11) is 0. The SMILES string of the molecule is CC1CN(C(C)CC(=O)O)CCC1O. The molecule has 0 radical (unpaired) electrons. The molecule has 1 saturated heterocycles. The van der Waals surface area contributed by atoms with Crippen LogP contribution in [-0.2, 0) is 4.79 Å². The van der Waals surface area contributed by atoms with Crippen molar-refractivity contribution in [3.63, 3.8) is 0 Å². The van der Waals surface area contributed by atoms with Crippen molar-refractivity contribution in [3.05, 3.63) is 0 Å². The zero-order chi connectivity index (χ0) is 10.7. The van der Waals surface area contributed by atoms with Crippen molar-refractivity contribution in [1.82, 2.24) is 4.90 Å². The lowest BCUT2D eigenvalue weighted by Gasteiger charge is -2.37. The zero-order valence-corrected chi connectivity index (χ0v) is 8.81. The van der Waals surface area contributed by atoms with E-state index < -0.39 is 5.97 Å². The number of aliphatic hydroxyl groups excluding tert-OH is 1. The highest BCUT2D eigenvalue weighted by molar-refractivity contribution is 5.67. The van der Waals surface area contributed by atoms with Crippen LogP contribution in [0.5, 0.6) is 0 Å². The number of carboxylic acid groups (broad SMARTS) is 1. The molecule has 1 heterocycles. The van der Waals surface area contributed by atoms with E-state index >= 15 is 0 Å². The van der Waals surface area contributed by atoms with Gasteiger partial charge in [0.15, 0.2) is 0 Å². The number of rotatable bonds is 3. The lowest BCUT2D eigenvalue weighted by molar-refractivity contribution is -0.138. The molecule has 2 N–H and O–H groups in total. The van der Waals surface area contributed by atoms with Crippen LogP contribution in [-0.4, -0.2) is 46.3 Å². The van der Waals surface area contributed by atoms with Crippen LogP contribution in [0.1, 0.15) is 26.7 Å². The third-order valence-corrected chi connectivity index (χ3v) is 2.98. The Morgan fingerprint density at radius 1 is 1.64 bits per heavy atom. The van der Waals surface area contributed by atoms with Crippen LogP contribution in [0, 0.1) is 5.92 Å². The van der Waals surface area contributed by atoms with Crippen LogP contribution in [0.15, 0.2) is 0 Å². The van der Waals surface area contributed by atoms with Gasteiger partial charge in [-0.1, -0.05) is 6.92 Å². The molecule has 1 aliphatic heterocycles. The summed E-state index contributed by atoms with van der Waals surface area (Å²) in [4.78, 5) is 12.7. The Hall–Kier alpha value is -0.610. The molecule has 1 fully saturated rings. The molecule has 3 unspecified atom stereocenters. The second-order valence-electron chi connectivity index (χ2n) is 4.28. The van der Waals surface area contributed by atoms with Gasteiger partial charge in [-0.05, 0) is 19.3 Å². The van der Waals surface area contributed by atoms with Crippen molar-refractivity contribution in [2.24, 2.45) is 5.92 Å². The molecule has 1 aliphatic rings. The van der Waals surface area contributed by atoms with Gasteiger partial charge in [0.2, 0.25) is 0 Å². The molecule has 0 saturated carbocycles. The Kier molecular flexibility index (Phi) is 3.89. The molecule has 82 valence electrons. The normalized spacial score (nSPS) is 31.4. The maximum atomic E-state index is 10.5. The molecule has 14 heavy (non-hydrogen) atoms. The first-order chi connectivity index (χ1) is 6.50. The van der Waals surface area contributed by atoms with Gasteiger partial charge in [-0.15, -0.1) is 0 Å². The number of piperidine rings is 1. The van der Waals surface area contributed by atoms with E-state index in [1.54, 1.807) is 0 Å². The fourth-order valence-corrected chi connectivity index (χ4v) is 1.95. The maximum absolute atomic E-state index is 10.5. The average Bonchev–Trinajstić information content (AvgIpc) is 2.08. The van der Waals surface area contributed by atoms with Crippen molar-refractivity contribution >= 4 is 5.97 Å². The van der Waals surface area contributed by atoms with Crippen LogP contribution >= 0.6 is 0 Å². The minimum absolute atomic E-state index is 0.0717. The third-order valence-electron chi connectivity index (χ3n) is 2.98. The minimum atomic E-state index is -0.753. The Balaban J connectivity index is 2.41. The highest BCUT2D eigenvalue weighted by atomic mass is 16.4. The molecule has 3 atom stereocenters. The lowest BCUT2D eigenvalue weighted by atomic mass is 9.95. The average molecular weight is 201 g/mol. The van der Waals surface area contributed by atoms with Crippen LogP contribution in [0.3, 0.4) is 0 Å². The molecular formula is C10H19NO3. The number of carbonyl (C=O) groups is 1. The molecule has 0 amide bonds. The number of carboxylic acids is 1. The number of hydrogen-bond acceptors (Lipinski definition) is 3. The lowest BCUT2D eigenvalue weighted by Crippen LogP contribution is -2.46. The Morgan fingerprint density at radius 3 is 2.79 bits per heavy atom. The van der Waals surface area contributed by atoms with E-state index in [0.717, 1.165) is 19.5 Å². The summed E-state index contributed by atoms with van der Waals surface area (Å²) in [5, 5.41) is 18.2. The van der Waals surface area contributed by atoms with E-state index in [4.69, 9.17) is 5.11 Å². The second-order valence-corrected chi connectivity index (χ2v) is 4.28. The van der Waals surface area contributed by atoms with Gasteiger partial charge >= 0.3 is 5.97 Å². The summed E-state index contributed by atoms with van der Waals surface area (Å²) >= 11 is 0. The number of likely N-dealkylation sites (tertiary alicyclic amines) is 1. The molecule has 0 spiro atoms. The maximum Gasteiger partial charge on any atom is 0.304 e. The molecule has 0 aromatic carbocycles. The van der Waals surface area contributed by atoms with E-state index in [9.17, 15) is 9.90 Å². The third kappa shape index (κ3) is 2.96. The standard InChI is InChI=1S/C10H19NO3/c1-7-6-11(4-3-9(7)12)8(2)5-10(13)14/h7-9,12H,3-6H2,1-2H3,(H,13,14). The first kappa shape index (κ1) is 11.5. The molecular weight excluding hydrogens is 182 g/mol. The molecule has 0 aliphatic carbocycles. The van der Waals surface area contributed by atoms with Crippen molar-refractivity contribution in [2.75, 3.05) is 13.1 Å². The zero-order valence-electron chi connectivity index (χ0n) is 8.81. The van der Waals surface area contributed by atoms with Gasteiger partial charge in [-0.25, -0.2) is 0 Å². The van der Waals surface area contributed by atoms with Crippen molar-refractivity contribution in [3.8, 4) is 0 Å². The first-order valence-electron chi connectivity index (χ1n) is 5.14. The number of hydrogen-bond donors (Lipinski definition) is 2. The number of aliphatic hydroxyl groups is 1. The fraction of sp³-hybridized carbons (Fsp3) is 0.900. The summed E-state index contributed by atoms with van der Waals surface area (Å²) in [6.45, 7) is 5.54. The molecule has 0 aromatic heterocycles. The highest BCUT2D eigenvalue weighted by Crippen LogP contribution is 2.19. The van der Waals surface area contributed by atoms with Crippen LogP contribution in [0.4, 0.5) is 0 Å².